The van der Waals surface area contributed by atoms with E-state index in [1.807, 2.05) is 0 Å². The zero-order chi connectivity index (χ0) is 31.0. The van der Waals surface area contributed by atoms with E-state index in [0.717, 1.165) is 0 Å². The van der Waals surface area contributed by atoms with Crippen LogP contribution in [0.3, 0.4) is 0 Å². The summed E-state index contributed by atoms with van der Waals surface area (Å²) in [6, 6.07) is 12.9. The van der Waals surface area contributed by atoms with E-state index in [1.165, 1.54) is 43.0 Å². The number of nitrogens with zero attached hydrogens (tertiary/aromatic N) is 1. The Labute approximate surface area is 240 Å². The third-order valence-corrected chi connectivity index (χ3v) is 6.82. The fourth-order valence-electron chi connectivity index (χ4n) is 5.01. The molecule has 7 nitrogen and oxygen atoms in total. The minimum Gasteiger partial charge on any atom is -0.467 e. The largest absolute Gasteiger partial charge is 0.467 e. The smallest absolute Gasteiger partial charge is 0.417 e. The van der Waals surface area contributed by atoms with Gasteiger partial charge in [-0.1, -0.05) is 55.1 Å². The molecule has 1 amide bonds. The quantitative estimate of drug-likeness (QED) is 0.259. The molecule has 0 aliphatic rings. The van der Waals surface area contributed by atoms with Crippen molar-refractivity contribution in [2.24, 2.45) is 7.05 Å². The van der Waals surface area contributed by atoms with E-state index >= 15 is 0 Å². The second-order valence-electron chi connectivity index (χ2n) is 10.8. The molecule has 0 aliphatic carbocycles. The maximum Gasteiger partial charge on any atom is 0.417 e. The van der Waals surface area contributed by atoms with E-state index in [4.69, 9.17) is 9.47 Å². The van der Waals surface area contributed by atoms with Crippen LogP contribution < -0.4 is 10.9 Å². The topological polar surface area (TPSA) is 86.6 Å². The van der Waals surface area contributed by atoms with Gasteiger partial charge in [-0.05, 0) is 60.4 Å². The molecular formula is C32H31F3N2O5. The molecule has 1 atom stereocenters. The highest BCUT2D eigenvalue weighted by Crippen LogP contribution is 2.42. The molecule has 3 aromatic carbocycles. The van der Waals surface area contributed by atoms with Gasteiger partial charge >= 0.3 is 18.2 Å². The first-order valence-electron chi connectivity index (χ1n) is 13.1. The standard InChI is InChI=1S/C32H31F3N2O5/c1-7-18-14-15-25-23(16-18)27(32(33,34)35)26(28(38)37(25)5)22-13-9-11-20-19(10-8-12-21(20)22)17-24(29(39)41-6)36-30(40)42-31(2,3)4/h7-16,24H,1,17H2,2-6H3,(H,36,40)/t24-/m0/s1. The number of alkyl halides is 3. The first-order valence-corrected chi connectivity index (χ1v) is 13.1. The van der Waals surface area contributed by atoms with Gasteiger partial charge in [0, 0.05) is 18.9 Å². The summed E-state index contributed by atoms with van der Waals surface area (Å²) in [7, 11) is 2.61. The summed E-state index contributed by atoms with van der Waals surface area (Å²) in [5, 5.41) is 3.26. The van der Waals surface area contributed by atoms with Crippen molar-refractivity contribution in [3.63, 3.8) is 0 Å². The normalized spacial score (nSPS) is 12.7. The average Bonchev–Trinajstić information content (AvgIpc) is 2.91. The number of rotatable bonds is 6. The molecule has 1 N–H and O–H groups in total. The van der Waals surface area contributed by atoms with E-state index in [2.05, 4.69) is 11.9 Å². The zero-order valence-corrected chi connectivity index (χ0v) is 23.9. The van der Waals surface area contributed by atoms with Crippen molar-refractivity contribution in [3.8, 4) is 11.1 Å². The first-order chi connectivity index (χ1) is 19.7. The van der Waals surface area contributed by atoms with Crippen LogP contribution in [0.1, 0.15) is 37.5 Å². The van der Waals surface area contributed by atoms with Gasteiger partial charge in [0.25, 0.3) is 5.56 Å². The SMILES string of the molecule is C=Cc1ccc2c(c1)c(C(F)(F)F)c(-c1cccc3c(C[C@H](NC(=O)OC(C)(C)C)C(=O)OC)cccc13)c(=O)n2C. The van der Waals surface area contributed by atoms with E-state index in [0.29, 0.717) is 21.9 Å². The predicted molar refractivity (Wildman–Crippen MR) is 156 cm³/mol. The lowest BCUT2D eigenvalue weighted by atomic mass is 9.90. The minimum atomic E-state index is -4.85. The number of carbonyl (C=O) groups is 2. The molecule has 0 spiro atoms. The number of benzene rings is 3. The summed E-state index contributed by atoms with van der Waals surface area (Å²) in [6.07, 6.45) is -4.28. The van der Waals surface area contributed by atoms with Crippen LogP contribution in [0.25, 0.3) is 38.9 Å². The number of hydrogen-bond donors (Lipinski definition) is 1. The third kappa shape index (κ3) is 6.02. The van der Waals surface area contributed by atoms with Crippen LogP contribution in [-0.4, -0.2) is 35.4 Å². The second kappa shape index (κ2) is 11.3. The number of ether oxygens (including phenoxy) is 2. The van der Waals surface area contributed by atoms with Gasteiger partial charge in [0.05, 0.1) is 23.8 Å². The molecule has 0 bridgehead atoms. The Kier molecular flexibility index (Phi) is 8.20. The Bertz CT molecular complexity index is 1770. The van der Waals surface area contributed by atoms with Gasteiger partial charge in [-0.15, -0.1) is 0 Å². The highest BCUT2D eigenvalue weighted by atomic mass is 19.4. The molecule has 0 saturated carbocycles. The fourth-order valence-corrected chi connectivity index (χ4v) is 5.01. The molecule has 1 heterocycles. The van der Waals surface area contributed by atoms with Gasteiger partial charge in [-0.2, -0.15) is 13.2 Å². The van der Waals surface area contributed by atoms with E-state index in [-0.39, 0.29) is 22.9 Å². The number of carbonyl (C=O) groups excluding carboxylic acids is 2. The van der Waals surface area contributed by atoms with Crippen LogP contribution in [0.5, 0.6) is 0 Å². The number of fused-ring (bicyclic) bond motifs is 2. The second-order valence-corrected chi connectivity index (χ2v) is 10.8. The number of pyridine rings is 1. The van der Waals surface area contributed by atoms with Crippen LogP contribution >= 0.6 is 0 Å². The van der Waals surface area contributed by atoms with Crippen molar-refractivity contribution >= 4 is 39.8 Å². The molecule has 42 heavy (non-hydrogen) atoms. The number of aryl methyl sites for hydroxylation is 1. The molecule has 0 unspecified atom stereocenters. The van der Waals surface area contributed by atoms with Crippen LogP contribution in [0.4, 0.5) is 18.0 Å². The molecule has 1 aromatic heterocycles. The van der Waals surface area contributed by atoms with Gasteiger partial charge in [-0.3, -0.25) is 4.79 Å². The summed E-state index contributed by atoms with van der Waals surface area (Å²) in [6.45, 7) is 8.69. The molecule has 0 saturated heterocycles. The van der Waals surface area contributed by atoms with E-state index in [9.17, 15) is 27.6 Å². The highest BCUT2D eigenvalue weighted by Gasteiger charge is 2.38. The summed E-state index contributed by atoms with van der Waals surface area (Å²) < 4.78 is 55.6. The fraction of sp³-hybridized carbons (Fsp3) is 0.281. The van der Waals surface area contributed by atoms with Crippen molar-refractivity contribution in [1.82, 2.24) is 9.88 Å². The van der Waals surface area contributed by atoms with Crippen molar-refractivity contribution in [1.29, 1.82) is 0 Å². The predicted octanol–water partition coefficient (Wildman–Crippen LogP) is 6.63. The van der Waals surface area contributed by atoms with Gasteiger partial charge in [0.2, 0.25) is 0 Å². The van der Waals surface area contributed by atoms with Gasteiger partial charge in [0.1, 0.15) is 11.6 Å². The molecule has 0 fully saturated rings. The first kappa shape index (κ1) is 30.4. The number of esters is 1. The van der Waals surface area contributed by atoms with Gasteiger partial charge in [-0.25, -0.2) is 9.59 Å². The molecule has 10 heteroatoms. The average molecular weight is 581 g/mol. The van der Waals surface area contributed by atoms with E-state index < -0.39 is 46.6 Å². The Hall–Kier alpha value is -4.60. The van der Waals surface area contributed by atoms with Crippen LogP contribution in [0.2, 0.25) is 0 Å². The lowest BCUT2D eigenvalue weighted by Gasteiger charge is -2.23. The Morgan fingerprint density at radius 3 is 2.31 bits per heavy atom. The maximum absolute atomic E-state index is 14.8. The summed E-state index contributed by atoms with van der Waals surface area (Å²) >= 11 is 0. The highest BCUT2D eigenvalue weighted by molar-refractivity contribution is 6.02. The summed E-state index contributed by atoms with van der Waals surface area (Å²) in [5.41, 5.74) is -1.91. The summed E-state index contributed by atoms with van der Waals surface area (Å²) in [4.78, 5) is 38.6. The van der Waals surface area contributed by atoms with Gasteiger partial charge in [0.15, 0.2) is 0 Å². The zero-order valence-electron chi connectivity index (χ0n) is 23.9. The third-order valence-electron chi connectivity index (χ3n) is 6.82. The Balaban J connectivity index is 1.94. The van der Waals surface area contributed by atoms with Crippen molar-refractivity contribution in [3.05, 3.63) is 88.2 Å². The Morgan fingerprint density at radius 1 is 1.02 bits per heavy atom. The minimum absolute atomic E-state index is 0.0444. The van der Waals surface area contributed by atoms with Crippen LogP contribution in [0, 0.1) is 0 Å². The number of halogens is 3. The van der Waals surface area contributed by atoms with Crippen molar-refractivity contribution in [2.75, 3.05) is 7.11 Å². The Morgan fingerprint density at radius 2 is 1.69 bits per heavy atom. The number of alkyl carbamates (subject to hydrolysis) is 1. The van der Waals surface area contributed by atoms with E-state index in [1.54, 1.807) is 57.2 Å². The number of hydrogen-bond acceptors (Lipinski definition) is 5. The molecule has 220 valence electrons. The summed E-state index contributed by atoms with van der Waals surface area (Å²) in [5.74, 6) is -0.727. The molecule has 0 aliphatic heterocycles. The lowest BCUT2D eigenvalue weighted by molar-refractivity contribution is -0.143. The van der Waals surface area contributed by atoms with Crippen molar-refractivity contribution in [2.45, 2.75) is 45.0 Å². The lowest BCUT2D eigenvalue weighted by Crippen LogP contribution is -2.45. The monoisotopic (exact) mass is 580 g/mol. The molecule has 0 radical (unpaired) electrons. The van der Waals surface area contributed by atoms with Crippen LogP contribution in [-0.2, 0) is 33.9 Å². The molecule has 4 aromatic rings. The van der Waals surface area contributed by atoms with Crippen LogP contribution in [0.15, 0.2) is 66.0 Å². The number of nitrogens with one attached hydrogen (secondary N) is 1. The molecular weight excluding hydrogens is 549 g/mol. The number of methoxy groups -OCH3 is 1. The number of aromatic nitrogens is 1. The molecule has 4 rings (SSSR count). The van der Waals surface area contributed by atoms with Gasteiger partial charge < -0.3 is 19.4 Å². The number of amides is 1. The van der Waals surface area contributed by atoms with Crippen molar-refractivity contribution < 1.29 is 32.2 Å². The maximum atomic E-state index is 14.8.